The maximum atomic E-state index is 3.94. The highest BCUT2D eigenvalue weighted by Gasteiger charge is 2.09. The van der Waals surface area contributed by atoms with Crippen molar-refractivity contribution in [3.05, 3.63) is 42.0 Å². The maximum Gasteiger partial charge on any atom is 0.0245 e. The molecule has 0 unspecified atom stereocenters. The molecule has 1 fully saturated rings. The van der Waals surface area contributed by atoms with Crippen LogP contribution >= 0.6 is 0 Å². The zero-order chi connectivity index (χ0) is 12.1. The first-order chi connectivity index (χ1) is 8.25. The zero-order valence-electron chi connectivity index (χ0n) is 10.6. The molecule has 0 aromatic heterocycles. The van der Waals surface area contributed by atoms with Gasteiger partial charge in [0.15, 0.2) is 0 Å². The fourth-order valence-corrected chi connectivity index (χ4v) is 2.27. The molecule has 0 heteroatoms. The summed E-state index contributed by atoms with van der Waals surface area (Å²) in [5, 5.41) is 0. The molecule has 1 aromatic carbocycles. The van der Waals surface area contributed by atoms with E-state index < -0.39 is 0 Å². The molecule has 0 amide bonds. The Balaban J connectivity index is 2.03. The minimum Gasteiger partial charge on any atom is -0.0955 e. The van der Waals surface area contributed by atoms with Gasteiger partial charge in [0.05, 0.1) is 0 Å². The summed E-state index contributed by atoms with van der Waals surface area (Å²) in [6, 6.07) is 8.40. The molecule has 0 bridgehead atoms. The summed E-state index contributed by atoms with van der Waals surface area (Å²) in [5.74, 6) is 7.34. The van der Waals surface area contributed by atoms with Gasteiger partial charge in [-0.2, -0.15) is 0 Å². The molecular weight excluding hydrogens is 204 g/mol. The van der Waals surface area contributed by atoms with Gasteiger partial charge in [0.25, 0.3) is 0 Å². The molecule has 2 rings (SSSR count). The molecule has 0 aliphatic heterocycles. The van der Waals surface area contributed by atoms with Crippen LogP contribution in [0.5, 0.6) is 0 Å². The third kappa shape index (κ3) is 3.49. The largest absolute Gasteiger partial charge is 0.0955 e. The fraction of sp³-hybridized carbons (Fsp3) is 0.412. The monoisotopic (exact) mass is 224 g/mol. The molecule has 1 aliphatic rings. The van der Waals surface area contributed by atoms with Gasteiger partial charge < -0.3 is 0 Å². The fourth-order valence-electron chi connectivity index (χ4n) is 2.27. The predicted molar refractivity (Wildman–Crippen MR) is 74.6 cm³/mol. The van der Waals surface area contributed by atoms with Gasteiger partial charge in [0.2, 0.25) is 0 Å². The minimum atomic E-state index is 0.629. The SMILES string of the molecule is C=C(C)c1ccc(C#CC2CCCCC2)cc1. The Morgan fingerprint density at radius 2 is 1.76 bits per heavy atom. The molecular formula is C17H20. The Morgan fingerprint density at radius 1 is 1.12 bits per heavy atom. The lowest BCUT2D eigenvalue weighted by atomic mass is 9.89. The quantitative estimate of drug-likeness (QED) is 0.609. The Labute approximate surface area is 105 Å². The summed E-state index contributed by atoms with van der Waals surface area (Å²) < 4.78 is 0. The molecule has 0 nitrogen and oxygen atoms in total. The summed E-state index contributed by atoms with van der Waals surface area (Å²) in [4.78, 5) is 0. The molecule has 0 spiro atoms. The van der Waals surface area contributed by atoms with E-state index in [1.807, 2.05) is 6.92 Å². The normalized spacial score (nSPS) is 16.1. The van der Waals surface area contributed by atoms with Crippen molar-refractivity contribution in [2.24, 2.45) is 5.92 Å². The summed E-state index contributed by atoms with van der Waals surface area (Å²) in [7, 11) is 0. The van der Waals surface area contributed by atoms with Crippen molar-refractivity contribution in [1.29, 1.82) is 0 Å². The van der Waals surface area contributed by atoms with Crippen LogP contribution < -0.4 is 0 Å². The van der Waals surface area contributed by atoms with E-state index in [0.717, 1.165) is 11.1 Å². The first-order valence-corrected chi connectivity index (χ1v) is 6.53. The number of hydrogen-bond acceptors (Lipinski definition) is 0. The second-order valence-electron chi connectivity index (χ2n) is 4.96. The Bertz CT molecular complexity index is 433. The molecule has 1 saturated carbocycles. The van der Waals surface area contributed by atoms with Gasteiger partial charge in [0, 0.05) is 11.5 Å². The lowest BCUT2D eigenvalue weighted by molar-refractivity contribution is 0.430. The minimum absolute atomic E-state index is 0.629. The Kier molecular flexibility index (Phi) is 4.04. The molecule has 17 heavy (non-hydrogen) atoms. The van der Waals surface area contributed by atoms with Gasteiger partial charge >= 0.3 is 0 Å². The highest BCUT2D eigenvalue weighted by Crippen LogP contribution is 2.22. The van der Waals surface area contributed by atoms with E-state index >= 15 is 0 Å². The van der Waals surface area contributed by atoms with E-state index in [1.54, 1.807) is 0 Å². The van der Waals surface area contributed by atoms with E-state index in [0.29, 0.717) is 5.92 Å². The van der Waals surface area contributed by atoms with E-state index in [-0.39, 0.29) is 0 Å². The Hall–Kier alpha value is -1.48. The van der Waals surface area contributed by atoms with Crippen molar-refractivity contribution in [3.8, 4) is 11.8 Å². The number of rotatable bonds is 1. The average Bonchev–Trinajstić information content (AvgIpc) is 2.38. The van der Waals surface area contributed by atoms with Crippen LogP contribution in [0.3, 0.4) is 0 Å². The van der Waals surface area contributed by atoms with Crippen molar-refractivity contribution in [2.45, 2.75) is 39.0 Å². The number of hydrogen-bond donors (Lipinski definition) is 0. The van der Waals surface area contributed by atoms with Crippen LogP contribution in [0.1, 0.15) is 50.2 Å². The van der Waals surface area contributed by atoms with Gasteiger partial charge in [-0.3, -0.25) is 0 Å². The number of benzene rings is 1. The molecule has 88 valence electrons. The first kappa shape index (κ1) is 12.0. The molecule has 1 aromatic rings. The molecule has 0 saturated heterocycles. The molecule has 0 heterocycles. The third-order valence-corrected chi connectivity index (χ3v) is 3.40. The van der Waals surface area contributed by atoms with E-state index in [2.05, 4.69) is 42.7 Å². The number of allylic oxidation sites excluding steroid dienone is 1. The van der Waals surface area contributed by atoms with Gasteiger partial charge in [-0.05, 0) is 37.5 Å². The van der Waals surface area contributed by atoms with Gasteiger partial charge in [-0.15, -0.1) is 0 Å². The molecule has 0 N–H and O–H groups in total. The van der Waals surface area contributed by atoms with Crippen LogP contribution in [-0.2, 0) is 0 Å². The summed E-state index contributed by atoms with van der Waals surface area (Å²) in [6.45, 7) is 5.97. The molecule has 0 radical (unpaired) electrons. The predicted octanol–water partition coefficient (Wildman–Crippen LogP) is 4.65. The van der Waals surface area contributed by atoms with Gasteiger partial charge in [-0.25, -0.2) is 0 Å². The smallest absolute Gasteiger partial charge is 0.0245 e. The first-order valence-electron chi connectivity index (χ1n) is 6.53. The van der Waals surface area contributed by atoms with Crippen molar-refractivity contribution in [2.75, 3.05) is 0 Å². The van der Waals surface area contributed by atoms with Crippen molar-refractivity contribution in [3.63, 3.8) is 0 Å². The van der Waals surface area contributed by atoms with Crippen LogP contribution in [0.4, 0.5) is 0 Å². The van der Waals surface area contributed by atoms with Crippen molar-refractivity contribution >= 4 is 5.57 Å². The van der Waals surface area contributed by atoms with Crippen LogP contribution in [0.2, 0.25) is 0 Å². The second kappa shape index (κ2) is 5.73. The lowest BCUT2D eigenvalue weighted by Crippen LogP contribution is -2.02. The Morgan fingerprint density at radius 3 is 2.35 bits per heavy atom. The van der Waals surface area contributed by atoms with Crippen LogP contribution in [0.25, 0.3) is 5.57 Å². The van der Waals surface area contributed by atoms with E-state index in [9.17, 15) is 0 Å². The van der Waals surface area contributed by atoms with Gasteiger partial charge in [-0.1, -0.05) is 55.4 Å². The highest BCUT2D eigenvalue weighted by molar-refractivity contribution is 5.62. The molecule has 1 aliphatic carbocycles. The summed E-state index contributed by atoms with van der Waals surface area (Å²) in [5.41, 5.74) is 3.44. The summed E-state index contributed by atoms with van der Waals surface area (Å²) in [6.07, 6.45) is 6.68. The van der Waals surface area contributed by atoms with Crippen molar-refractivity contribution in [1.82, 2.24) is 0 Å². The zero-order valence-corrected chi connectivity index (χ0v) is 10.6. The topological polar surface area (TPSA) is 0 Å². The highest BCUT2D eigenvalue weighted by atomic mass is 14.1. The standard InChI is InChI=1S/C17H20/c1-14(2)17-12-10-16(11-13-17)9-8-15-6-4-3-5-7-15/h10-13,15H,1,3-7H2,2H3. The molecule has 0 atom stereocenters. The van der Waals surface area contributed by atoms with Crippen molar-refractivity contribution < 1.29 is 0 Å². The van der Waals surface area contributed by atoms with E-state index in [1.165, 1.54) is 37.7 Å². The third-order valence-electron chi connectivity index (χ3n) is 3.40. The van der Waals surface area contributed by atoms with Crippen LogP contribution in [-0.4, -0.2) is 0 Å². The van der Waals surface area contributed by atoms with Gasteiger partial charge in [0.1, 0.15) is 0 Å². The van der Waals surface area contributed by atoms with Crippen LogP contribution in [0, 0.1) is 17.8 Å². The van der Waals surface area contributed by atoms with Crippen LogP contribution in [0.15, 0.2) is 30.8 Å². The summed E-state index contributed by atoms with van der Waals surface area (Å²) >= 11 is 0. The maximum absolute atomic E-state index is 3.94. The lowest BCUT2D eigenvalue weighted by Gasteiger charge is -2.15. The van der Waals surface area contributed by atoms with E-state index in [4.69, 9.17) is 0 Å². The second-order valence-corrected chi connectivity index (χ2v) is 4.96. The average molecular weight is 224 g/mol.